The van der Waals surface area contributed by atoms with Crippen molar-refractivity contribution in [3.63, 3.8) is 0 Å². The number of nitrogens with zero attached hydrogens (tertiary/aromatic N) is 2. The normalized spacial score (nSPS) is 10.8. The summed E-state index contributed by atoms with van der Waals surface area (Å²) >= 11 is 1.10. The minimum Gasteiger partial charge on any atom is -0.476 e. The lowest BCUT2D eigenvalue weighted by atomic mass is 10.4. The van der Waals surface area contributed by atoms with Gasteiger partial charge in [0.2, 0.25) is 0 Å². The van der Waals surface area contributed by atoms with Gasteiger partial charge >= 0.3 is 5.97 Å². The van der Waals surface area contributed by atoms with Crippen LogP contribution in [-0.4, -0.2) is 33.0 Å². The summed E-state index contributed by atoms with van der Waals surface area (Å²) in [6, 6.07) is 2.94. The summed E-state index contributed by atoms with van der Waals surface area (Å²) in [5.74, 6) is -1.66. The summed E-state index contributed by atoms with van der Waals surface area (Å²) in [5.41, 5.74) is 0.0237. The molecule has 0 radical (unpaired) electrons. The molecule has 2 N–H and O–H groups in total. The molecule has 0 saturated heterocycles. The first-order chi connectivity index (χ1) is 9.97. The molecule has 2 rings (SSSR count). The standard InChI is InChI=1S/C12H11F2N3O3S/c13-9(14)5-17-3-1-2-8(17)11(18)15-4-10-16-7(6-21-10)12(19)20/h1-3,6,9H,4-5H2,(H,15,18)(H,19,20). The van der Waals surface area contributed by atoms with Gasteiger partial charge in [0, 0.05) is 11.6 Å². The monoisotopic (exact) mass is 315 g/mol. The number of thiazole rings is 1. The van der Waals surface area contributed by atoms with Crippen molar-refractivity contribution in [2.24, 2.45) is 0 Å². The van der Waals surface area contributed by atoms with Crippen LogP contribution in [0.4, 0.5) is 8.78 Å². The van der Waals surface area contributed by atoms with Crippen molar-refractivity contribution < 1.29 is 23.5 Å². The van der Waals surface area contributed by atoms with Gasteiger partial charge in [0.1, 0.15) is 10.7 Å². The van der Waals surface area contributed by atoms with Crippen molar-refractivity contribution in [3.05, 3.63) is 40.1 Å². The number of alkyl halides is 2. The molecule has 0 aliphatic carbocycles. The van der Waals surface area contributed by atoms with Gasteiger partial charge in [-0.2, -0.15) is 0 Å². The Morgan fingerprint density at radius 1 is 1.48 bits per heavy atom. The highest BCUT2D eigenvalue weighted by Gasteiger charge is 2.15. The second kappa shape index (κ2) is 6.44. The highest BCUT2D eigenvalue weighted by molar-refractivity contribution is 7.09. The van der Waals surface area contributed by atoms with E-state index < -0.39 is 24.8 Å². The number of nitrogens with one attached hydrogen (secondary N) is 1. The largest absolute Gasteiger partial charge is 0.476 e. The van der Waals surface area contributed by atoms with Crippen LogP contribution < -0.4 is 5.32 Å². The smallest absolute Gasteiger partial charge is 0.355 e. The molecule has 6 nitrogen and oxygen atoms in total. The predicted octanol–water partition coefficient (Wildman–Crippen LogP) is 1.84. The van der Waals surface area contributed by atoms with Gasteiger partial charge in [-0.25, -0.2) is 18.6 Å². The van der Waals surface area contributed by atoms with Crippen LogP contribution in [-0.2, 0) is 13.1 Å². The van der Waals surface area contributed by atoms with Crippen molar-refractivity contribution in [1.82, 2.24) is 14.9 Å². The third-order valence-electron chi connectivity index (χ3n) is 2.57. The van der Waals surface area contributed by atoms with E-state index in [0.717, 1.165) is 15.9 Å². The number of hydrogen-bond acceptors (Lipinski definition) is 4. The summed E-state index contributed by atoms with van der Waals surface area (Å²) < 4.78 is 25.9. The molecule has 2 heterocycles. The highest BCUT2D eigenvalue weighted by atomic mass is 32.1. The second-order valence-electron chi connectivity index (χ2n) is 4.05. The number of hydrogen-bond donors (Lipinski definition) is 2. The van der Waals surface area contributed by atoms with Gasteiger partial charge in [-0.3, -0.25) is 4.79 Å². The number of carboxylic acids is 1. The van der Waals surface area contributed by atoms with Crippen LogP contribution in [0.3, 0.4) is 0 Å². The number of amides is 1. The summed E-state index contributed by atoms with van der Waals surface area (Å²) in [5, 5.41) is 13.0. The summed E-state index contributed by atoms with van der Waals surface area (Å²) in [7, 11) is 0. The lowest BCUT2D eigenvalue weighted by Crippen LogP contribution is -2.26. The van der Waals surface area contributed by atoms with Gasteiger partial charge in [0.15, 0.2) is 5.69 Å². The number of carbonyl (C=O) groups is 2. The first-order valence-corrected chi connectivity index (χ1v) is 6.74. The molecule has 0 atom stereocenters. The van der Waals surface area contributed by atoms with Crippen LogP contribution in [0.25, 0.3) is 0 Å². The number of halogens is 2. The molecule has 0 fully saturated rings. The lowest BCUT2D eigenvalue weighted by molar-refractivity contribution is 0.0691. The molecule has 0 bridgehead atoms. The zero-order valence-electron chi connectivity index (χ0n) is 10.6. The van der Waals surface area contributed by atoms with Crippen molar-refractivity contribution >= 4 is 23.2 Å². The molecule has 21 heavy (non-hydrogen) atoms. The fourth-order valence-corrected chi connectivity index (χ4v) is 2.37. The molecule has 0 aliphatic rings. The molecule has 112 valence electrons. The van der Waals surface area contributed by atoms with Crippen LogP contribution in [0, 0.1) is 0 Å². The molecule has 2 aromatic heterocycles. The zero-order valence-corrected chi connectivity index (χ0v) is 11.4. The SMILES string of the molecule is O=C(O)c1csc(CNC(=O)c2cccn2CC(F)F)n1. The van der Waals surface area contributed by atoms with Crippen LogP contribution >= 0.6 is 11.3 Å². The van der Waals surface area contributed by atoms with Crippen LogP contribution in [0.15, 0.2) is 23.7 Å². The van der Waals surface area contributed by atoms with Crippen LogP contribution in [0.5, 0.6) is 0 Å². The van der Waals surface area contributed by atoms with Gasteiger partial charge in [-0.1, -0.05) is 0 Å². The summed E-state index contributed by atoms with van der Waals surface area (Å²) in [6.07, 6.45) is -1.16. The number of carboxylic acid groups (broad SMARTS) is 1. The van der Waals surface area contributed by atoms with Crippen molar-refractivity contribution in [3.8, 4) is 0 Å². The predicted molar refractivity (Wildman–Crippen MR) is 70.7 cm³/mol. The molecule has 0 unspecified atom stereocenters. The molecule has 0 aromatic carbocycles. The Balaban J connectivity index is 1.98. The van der Waals surface area contributed by atoms with Crippen LogP contribution in [0.2, 0.25) is 0 Å². The van der Waals surface area contributed by atoms with E-state index in [0.29, 0.717) is 5.01 Å². The number of aromatic carboxylic acids is 1. The van der Waals surface area contributed by atoms with Gasteiger partial charge in [0.25, 0.3) is 12.3 Å². The van der Waals surface area contributed by atoms with Crippen molar-refractivity contribution in [2.75, 3.05) is 0 Å². The van der Waals surface area contributed by atoms with E-state index in [1.807, 2.05) is 0 Å². The summed E-state index contributed by atoms with van der Waals surface area (Å²) in [4.78, 5) is 26.4. The summed E-state index contributed by atoms with van der Waals surface area (Å²) in [6.45, 7) is -0.521. The van der Waals surface area contributed by atoms with E-state index in [1.54, 1.807) is 0 Å². The quantitative estimate of drug-likeness (QED) is 0.852. The third-order valence-corrected chi connectivity index (χ3v) is 3.42. The maximum absolute atomic E-state index is 12.4. The topological polar surface area (TPSA) is 84.2 Å². The van der Waals surface area contributed by atoms with Gasteiger partial charge < -0.3 is 15.0 Å². The molecule has 0 saturated carbocycles. The van der Waals surface area contributed by atoms with E-state index in [-0.39, 0.29) is 17.9 Å². The van der Waals surface area contributed by atoms with Gasteiger partial charge in [0.05, 0.1) is 13.1 Å². The van der Waals surface area contributed by atoms with E-state index >= 15 is 0 Å². The second-order valence-corrected chi connectivity index (χ2v) is 4.99. The number of carbonyl (C=O) groups excluding carboxylic acids is 1. The Bertz CT molecular complexity index is 654. The Morgan fingerprint density at radius 3 is 2.86 bits per heavy atom. The molecular weight excluding hydrogens is 304 g/mol. The molecule has 9 heteroatoms. The zero-order chi connectivity index (χ0) is 15.4. The Morgan fingerprint density at radius 2 is 2.24 bits per heavy atom. The van der Waals surface area contributed by atoms with Crippen LogP contribution in [0.1, 0.15) is 26.0 Å². The maximum atomic E-state index is 12.4. The minimum atomic E-state index is -2.55. The molecule has 0 aliphatic heterocycles. The molecule has 1 amide bonds. The van der Waals surface area contributed by atoms with Gasteiger partial charge in [-0.05, 0) is 12.1 Å². The molecule has 2 aromatic rings. The first kappa shape index (κ1) is 15.1. The fourth-order valence-electron chi connectivity index (χ4n) is 1.66. The van der Waals surface area contributed by atoms with E-state index in [1.165, 1.54) is 23.7 Å². The van der Waals surface area contributed by atoms with Crippen molar-refractivity contribution in [2.45, 2.75) is 19.5 Å². The Labute approximate surface area is 122 Å². The first-order valence-electron chi connectivity index (χ1n) is 5.86. The Kier molecular flexibility index (Phi) is 4.63. The average Bonchev–Trinajstić information content (AvgIpc) is 3.04. The lowest BCUT2D eigenvalue weighted by Gasteiger charge is -2.08. The highest BCUT2D eigenvalue weighted by Crippen LogP contribution is 2.10. The third kappa shape index (κ3) is 3.85. The van der Waals surface area contributed by atoms with Crippen molar-refractivity contribution in [1.29, 1.82) is 0 Å². The van der Waals surface area contributed by atoms with E-state index in [9.17, 15) is 18.4 Å². The fraction of sp³-hybridized carbons (Fsp3) is 0.250. The van der Waals surface area contributed by atoms with Gasteiger partial charge in [-0.15, -0.1) is 11.3 Å². The maximum Gasteiger partial charge on any atom is 0.355 e. The average molecular weight is 315 g/mol. The number of aromatic nitrogens is 2. The number of rotatable bonds is 6. The Hall–Kier alpha value is -2.29. The minimum absolute atomic E-state index is 0.0383. The van der Waals surface area contributed by atoms with E-state index in [4.69, 9.17) is 5.11 Å². The molecule has 0 spiro atoms. The van der Waals surface area contributed by atoms with E-state index in [2.05, 4.69) is 10.3 Å². The molecular formula is C12H11F2N3O3S.